The molecule has 0 radical (unpaired) electrons. The first-order valence-corrected chi connectivity index (χ1v) is 4.79. The Balaban J connectivity index is 3.41. The summed E-state index contributed by atoms with van der Waals surface area (Å²) >= 11 is 0. The van der Waals surface area contributed by atoms with Crippen LogP contribution in [0.3, 0.4) is 0 Å². The number of hydrogen-bond acceptors (Lipinski definition) is 6. The first kappa shape index (κ1) is 13.9. The summed E-state index contributed by atoms with van der Waals surface area (Å²) in [5.41, 5.74) is -1.71. The number of aromatic nitrogens is 1. The maximum atomic E-state index is 11.4. The smallest absolute Gasteiger partial charge is 0.354 e. The normalized spacial score (nSPS) is 10.4. The number of esters is 1. The van der Waals surface area contributed by atoms with E-state index in [0.29, 0.717) is 0 Å². The van der Waals surface area contributed by atoms with Gasteiger partial charge in [-0.15, -0.1) is 0 Å². The Kier molecular flexibility index (Phi) is 4.18. The van der Waals surface area contributed by atoms with E-state index in [-0.39, 0.29) is 5.69 Å². The summed E-state index contributed by atoms with van der Waals surface area (Å²) in [6.07, 6.45) is -0.950. The van der Waals surface area contributed by atoms with Crippen molar-refractivity contribution in [3.8, 4) is 0 Å². The van der Waals surface area contributed by atoms with Crippen molar-refractivity contribution in [1.29, 1.82) is 0 Å². The van der Waals surface area contributed by atoms with E-state index in [1.807, 2.05) is 0 Å². The van der Waals surface area contributed by atoms with Crippen LogP contribution in [0, 0.1) is 0 Å². The quantitative estimate of drug-likeness (QED) is 0.449. The standard InChI is InChI=1S/C10H11NO7/c1-18-10(17)6-2-7(12)5(9(15)16)3-11(6)4-8(13)14/h2-3,8,13-14H,4H2,1H3,(H,15,16). The van der Waals surface area contributed by atoms with Crippen LogP contribution in [0.4, 0.5) is 0 Å². The first-order valence-electron chi connectivity index (χ1n) is 4.79. The maximum absolute atomic E-state index is 11.4. The Morgan fingerprint density at radius 1 is 1.44 bits per heavy atom. The number of methoxy groups -OCH3 is 1. The van der Waals surface area contributed by atoms with E-state index in [1.54, 1.807) is 0 Å². The summed E-state index contributed by atoms with van der Waals surface area (Å²) in [6.45, 7) is -0.467. The number of aliphatic hydroxyl groups is 2. The number of carboxylic acid groups (broad SMARTS) is 1. The third-order valence-corrected chi connectivity index (χ3v) is 2.11. The highest BCUT2D eigenvalue weighted by Crippen LogP contribution is 2.04. The Bertz CT molecular complexity index is 532. The van der Waals surface area contributed by atoms with Crippen LogP contribution in [0.25, 0.3) is 0 Å². The molecule has 0 aliphatic carbocycles. The van der Waals surface area contributed by atoms with E-state index in [1.165, 1.54) is 0 Å². The number of carbonyl (C=O) groups is 2. The van der Waals surface area contributed by atoms with Crippen molar-refractivity contribution in [2.24, 2.45) is 0 Å². The highest BCUT2D eigenvalue weighted by atomic mass is 16.5. The Hall–Kier alpha value is -2.19. The molecule has 1 rings (SSSR count). The van der Waals surface area contributed by atoms with Crippen molar-refractivity contribution in [2.75, 3.05) is 7.11 Å². The molecule has 1 aromatic rings. The topological polar surface area (TPSA) is 126 Å². The van der Waals surface area contributed by atoms with Crippen molar-refractivity contribution in [3.05, 3.63) is 33.7 Å². The van der Waals surface area contributed by atoms with Gasteiger partial charge in [0, 0.05) is 12.3 Å². The van der Waals surface area contributed by atoms with Gasteiger partial charge in [-0.2, -0.15) is 0 Å². The molecule has 0 amide bonds. The highest BCUT2D eigenvalue weighted by molar-refractivity contribution is 5.90. The summed E-state index contributed by atoms with van der Waals surface area (Å²) in [5, 5.41) is 26.4. The van der Waals surface area contributed by atoms with Crippen LogP contribution in [0.2, 0.25) is 0 Å². The lowest BCUT2D eigenvalue weighted by Gasteiger charge is -2.13. The molecule has 0 saturated carbocycles. The van der Waals surface area contributed by atoms with Crippen molar-refractivity contribution in [3.63, 3.8) is 0 Å². The summed E-state index contributed by atoms with van der Waals surface area (Å²) in [5.74, 6) is -2.36. The molecule has 0 saturated heterocycles. The van der Waals surface area contributed by atoms with Crippen LogP contribution in [-0.2, 0) is 11.3 Å². The zero-order chi connectivity index (χ0) is 13.9. The zero-order valence-electron chi connectivity index (χ0n) is 9.36. The molecule has 0 unspecified atom stereocenters. The molecule has 8 heteroatoms. The molecule has 0 fully saturated rings. The van der Waals surface area contributed by atoms with E-state index < -0.39 is 35.8 Å². The average molecular weight is 257 g/mol. The largest absolute Gasteiger partial charge is 0.477 e. The molecule has 98 valence electrons. The molecule has 0 aliphatic heterocycles. The molecule has 8 nitrogen and oxygen atoms in total. The fourth-order valence-corrected chi connectivity index (χ4v) is 1.34. The van der Waals surface area contributed by atoms with Gasteiger partial charge in [-0.3, -0.25) is 4.79 Å². The van der Waals surface area contributed by atoms with Gasteiger partial charge in [0.25, 0.3) is 0 Å². The van der Waals surface area contributed by atoms with Crippen LogP contribution in [0.1, 0.15) is 20.8 Å². The van der Waals surface area contributed by atoms with Crippen LogP contribution in [0.15, 0.2) is 17.1 Å². The van der Waals surface area contributed by atoms with Crippen molar-refractivity contribution >= 4 is 11.9 Å². The fraction of sp³-hybridized carbons (Fsp3) is 0.300. The third-order valence-electron chi connectivity index (χ3n) is 2.11. The number of aliphatic hydroxyl groups excluding tert-OH is 1. The molecule has 0 bridgehead atoms. The fourth-order valence-electron chi connectivity index (χ4n) is 1.34. The van der Waals surface area contributed by atoms with E-state index in [0.717, 1.165) is 23.9 Å². The lowest BCUT2D eigenvalue weighted by molar-refractivity contribution is -0.0518. The molecule has 0 atom stereocenters. The number of rotatable bonds is 4. The van der Waals surface area contributed by atoms with Crippen LogP contribution >= 0.6 is 0 Å². The van der Waals surface area contributed by atoms with Gasteiger partial charge < -0.3 is 24.6 Å². The number of carbonyl (C=O) groups excluding carboxylic acids is 1. The molecule has 0 aromatic carbocycles. The maximum Gasteiger partial charge on any atom is 0.354 e. The number of pyridine rings is 1. The van der Waals surface area contributed by atoms with Gasteiger partial charge >= 0.3 is 11.9 Å². The second-order valence-electron chi connectivity index (χ2n) is 3.37. The molecule has 3 N–H and O–H groups in total. The molecule has 18 heavy (non-hydrogen) atoms. The first-order chi connectivity index (χ1) is 8.36. The summed E-state index contributed by atoms with van der Waals surface area (Å²) < 4.78 is 5.34. The average Bonchev–Trinajstić information content (AvgIpc) is 2.28. The van der Waals surface area contributed by atoms with E-state index in [4.69, 9.17) is 15.3 Å². The summed E-state index contributed by atoms with van der Waals surface area (Å²) in [6, 6.07) is 0.775. The molecule has 0 spiro atoms. The van der Waals surface area contributed by atoms with Crippen molar-refractivity contribution < 1.29 is 29.6 Å². The highest BCUT2D eigenvalue weighted by Gasteiger charge is 2.18. The molecule has 1 heterocycles. The van der Waals surface area contributed by atoms with E-state index in [2.05, 4.69) is 4.74 Å². The predicted molar refractivity (Wildman–Crippen MR) is 57.2 cm³/mol. The number of ether oxygens (including phenoxy) is 1. The zero-order valence-corrected chi connectivity index (χ0v) is 9.36. The lowest BCUT2D eigenvalue weighted by atomic mass is 10.2. The Morgan fingerprint density at radius 3 is 2.50 bits per heavy atom. The minimum atomic E-state index is -1.81. The van der Waals surface area contributed by atoms with Gasteiger partial charge in [0.1, 0.15) is 11.3 Å². The van der Waals surface area contributed by atoms with Crippen molar-refractivity contribution in [1.82, 2.24) is 4.57 Å². The van der Waals surface area contributed by atoms with Gasteiger partial charge in [-0.1, -0.05) is 0 Å². The third kappa shape index (κ3) is 2.93. The van der Waals surface area contributed by atoms with Crippen LogP contribution < -0.4 is 5.43 Å². The lowest BCUT2D eigenvalue weighted by Crippen LogP contribution is -2.26. The van der Waals surface area contributed by atoms with Crippen LogP contribution in [-0.4, -0.2) is 45.2 Å². The van der Waals surface area contributed by atoms with E-state index >= 15 is 0 Å². The molecular formula is C10H11NO7. The molecule has 0 aliphatic rings. The minimum absolute atomic E-state index is 0.263. The SMILES string of the molecule is COC(=O)c1cc(=O)c(C(=O)O)cn1CC(O)O. The van der Waals surface area contributed by atoms with Gasteiger partial charge in [-0.05, 0) is 0 Å². The monoisotopic (exact) mass is 257 g/mol. The number of hydrogen-bond donors (Lipinski definition) is 3. The minimum Gasteiger partial charge on any atom is -0.477 e. The van der Waals surface area contributed by atoms with Crippen molar-refractivity contribution in [2.45, 2.75) is 12.8 Å². The second kappa shape index (κ2) is 5.43. The second-order valence-corrected chi connectivity index (χ2v) is 3.37. The van der Waals surface area contributed by atoms with Gasteiger partial charge in [0.15, 0.2) is 11.7 Å². The Morgan fingerprint density at radius 2 is 2.06 bits per heavy atom. The Labute approximate surface area is 101 Å². The van der Waals surface area contributed by atoms with Crippen LogP contribution in [0.5, 0.6) is 0 Å². The van der Waals surface area contributed by atoms with Gasteiger partial charge in [0.05, 0.1) is 13.7 Å². The van der Waals surface area contributed by atoms with Gasteiger partial charge in [-0.25, -0.2) is 9.59 Å². The number of nitrogens with zero attached hydrogens (tertiary/aromatic N) is 1. The molecular weight excluding hydrogens is 246 g/mol. The van der Waals surface area contributed by atoms with E-state index in [9.17, 15) is 14.4 Å². The number of carboxylic acids is 1. The summed E-state index contributed by atoms with van der Waals surface area (Å²) in [7, 11) is 1.08. The predicted octanol–water partition coefficient (Wildman–Crippen LogP) is -1.36. The molecule has 1 aromatic heterocycles. The van der Waals surface area contributed by atoms with Gasteiger partial charge in [0.2, 0.25) is 0 Å². The number of aromatic carboxylic acids is 1. The summed E-state index contributed by atoms with van der Waals surface area (Å²) in [4.78, 5) is 33.5.